The third-order valence-electron chi connectivity index (χ3n) is 4.14. The van der Waals surface area contributed by atoms with Gasteiger partial charge in [0, 0.05) is 11.9 Å². The minimum atomic E-state index is 0.447. The van der Waals surface area contributed by atoms with Crippen molar-refractivity contribution in [1.29, 1.82) is 0 Å². The summed E-state index contributed by atoms with van der Waals surface area (Å²) in [6, 6.07) is 8.27. The first-order chi connectivity index (χ1) is 10.4. The summed E-state index contributed by atoms with van der Waals surface area (Å²) in [7, 11) is 0. The molecule has 3 aromatic rings. The van der Waals surface area contributed by atoms with E-state index in [9.17, 15) is 0 Å². The molecule has 0 radical (unpaired) electrons. The van der Waals surface area contributed by atoms with Crippen molar-refractivity contribution in [2.45, 2.75) is 18.8 Å². The smallest absolute Gasteiger partial charge is 0.124 e. The number of thioether (sulfide) groups is 1. The van der Waals surface area contributed by atoms with E-state index >= 15 is 0 Å². The zero-order chi connectivity index (χ0) is 14.2. The Kier molecular flexibility index (Phi) is 3.51. The van der Waals surface area contributed by atoms with E-state index in [0.717, 1.165) is 29.3 Å². The van der Waals surface area contributed by atoms with Crippen molar-refractivity contribution in [1.82, 2.24) is 14.5 Å². The Morgan fingerprint density at radius 1 is 1.29 bits per heavy atom. The van der Waals surface area contributed by atoms with Gasteiger partial charge >= 0.3 is 0 Å². The first-order valence-corrected chi connectivity index (χ1v) is 8.92. The van der Waals surface area contributed by atoms with Crippen LogP contribution in [0.2, 0.25) is 0 Å². The standard InChI is InChI=1S/C16H16ClN3S/c17-7-15-19-14-8-18-13-4-2-1-3-12(13)16(14)20(15)9-11-5-6-21-10-11/h1-4,8,11H,5-7,9-10H2. The molecule has 108 valence electrons. The van der Waals surface area contributed by atoms with Crippen molar-refractivity contribution in [2.75, 3.05) is 11.5 Å². The fourth-order valence-electron chi connectivity index (χ4n) is 3.09. The highest BCUT2D eigenvalue weighted by Gasteiger charge is 2.20. The van der Waals surface area contributed by atoms with E-state index in [1.54, 1.807) is 0 Å². The van der Waals surface area contributed by atoms with Crippen molar-refractivity contribution in [2.24, 2.45) is 5.92 Å². The first-order valence-electron chi connectivity index (χ1n) is 7.23. The molecular formula is C16H16ClN3S. The van der Waals surface area contributed by atoms with Crippen molar-refractivity contribution in [3.8, 4) is 0 Å². The molecule has 0 bridgehead atoms. The van der Waals surface area contributed by atoms with Crippen molar-refractivity contribution in [3.63, 3.8) is 0 Å². The second-order valence-electron chi connectivity index (χ2n) is 5.51. The SMILES string of the molecule is ClCc1nc2cnc3ccccc3c2n1CC1CCSC1. The maximum absolute atomic E-state index is 6.13. The van der Waals surface area contributed by atoms with Crippen molar-refractivity contribution < 1.29 is 0 Å². The number of hydrogen-bond acceptors (Lipinski definition) is 3. The molecule has 1 atom stereocenters. The van der Waals surface area contributed by atoms with Crippen LogP contribution in [0.1, 0.15) is 12.2 Å². The van der Waals surface area contributed by atoms with Gasteiger partial charge in [-0.15, -0.1) is 11.6 Å². The van der Waals surface area contributed by atoms with Crippen molar-refractivity contribution in [3.05, 3.63) is 36.3 Å². The molecule has 21 heavy (non-hydrogen) atoms. The number of aromatic nitrogens is 3. The molecule has 0 saturated carbocycles. The van der Waals surface area contributed by atoms with E-state index < -0.39 is 0 Å². The van der Waals surface area contributed by atoms with Crippen LogP contribution in [0.25, 0.3) is 21.9 Å². The van der Waals surface area contributed by atoms with Crippen LogP contribution in [-0.2, 0) is 12.4 Å². The van der Waals surface area contributed by atoms with Crippen LogP contribution in [0.5, 0.6) is 0 Å². The molecule has 0 amide bonds. The Balaban J connectivity index is 1.94. The predicted molar refractivity (Wildman–Crippen MR) is 90.0 cm³/mol. The number of imidazole rings is 1. The van der Waals surface area contributed by atoms with Crippen LogP contribution in [0.15, 0.2) is 30.5 Å². The minimum Gasteiger partial charge on any atom is -0.326 e. The van der Waals surface area contributed by atoms with Crippen LogP contribution >= 0.6 is 23.4 Å². The largest absolute Gasteiger partial charge is 0.326 e. The van der Waals surface area contributed by atoms with Gasteiger partial charge in [0.1, 0.15) is 11.3 Å². The van der Waals surface area contributed by atoms with Gasteiger partial charge < -0.3 is 4.57 Å². The second-order valence-corrected chi connectivity index (χ2v) is 6.93. The van der Waals surface area contributed by atoms with Crippen LogP contribution in [0, 0.1) is 5.92 Å². The number of para-hydroxylation sites is 1. The van der Waals surface area contributed by atoms with E-state index in [4.69, 9.17) is 11.6 Å². The number of pyridine rings is 1. The molecule has 4 rings (SSSR count). The van der Waals surface area contributed by atoms with Gasteiger partial charge in [0.2, 0.25) is 0 Å². The van der Waals surface area contributed by atoms with E-state index in [1.165, 1.54) is 28.8 Å². The summed E-state index contributed by atoms with van der Waals surface area (Å²) in [5.74, 6) is 4.64. The number of hydrogen-bond donors (Lipinski definition) is 0. The molecule has 3 heterocycles. The zero-order valence-electron chi connectivity index (χ0n) is 11.6. The molecule has 1 unspecified atom stereocenters. The molecule has 1 aromatic carbocycles. The molecular weight excluding hydrogens is 302 g/mol. The summed E-state index contributed by atoms with van der Waals surface area (Å²) in [5, 5.41) is 1.17. The summed E-state index contributed by atoms with van der Waals surface area (Å²) in [6.45, 7) is 1.01. The first kappa shape index (κ1) is 13.4. The van der Waals surface area contributed by atoms with Gasteiger partial charge in [-0.05, 0) is 29.9 Å². The zero-order valence-corrected chi connectivity index (χ0v) is 13.2. The second kappa shape index (κ2) is 5.50. The minimum absolute atomic E-state index is 0.447. The molecule has 0 spiro atoms. The van der Waals surface area contributed by atoms with Crippen LogP contribution in [0.3, 0.4) is 0 Å². The number of rotatable bonds is 3. The number of alkyl halides is 1. The number of halogens is 1. The summed E-state index contributed by atoms with van der Waals surface area (Å²) in [4.78, 5) is 9.19. The van der Waals surface area contributed by atoms with Gasteiger partial charge in [0.25, 0.3) is 0 Å². The Morgan fingerprint density at radius 2 is 2.19 bits per heavy atom. The van der Waals surface area contributed by atoms with Gasteiger partial charge in [-0.3, -0.25) is 4.98 Å². The number of fused-ring (bicyclic) bond motifs is 3. The highest BCUT2D eigenvalue weighted by molar-refractivity contribution is 7.99. The molecule has 3 nitrogen and oxygen atoms in total. The maximum Gasteiger partial charge on any atom is 0.124 e. The van der Waals surface area contributed by atoms with Crippen LogP contribution in [0.4, 0.5) is 0 Å². The third kappa shape index (κ3) is 2.30. The average Bonchev–Trinajstić information content (AvgIpc) is 3.15. The molecule has 1 aliphatic rings. The summed E-state index contributed by atoms with van der Waals surface area (Å²) in [6.07, 6.45) is 3.16. The normalized spacial score (nSPS) is 18.8. The maximum atomic E-state index is 6.13. The fourth-order valence-corrected chi connectivity index (χ4v) is 4.57. The highest BCUT2D eigenvalue weighted by Crippen LogP contribution is 2.30. The van der Waals surface area contributed by atoms with Crippen molar-refractivity contribution >= 4 is 45.3 Å². The molecule has 0 N–H and O–H groups in total. The topological polar surface area (TPSA) is 30.7 Å². The quantitative estimate of drug-likeness (QED) is 0.682. The van der Waals surface area contributed by atoms with Gasteiger partial charge in [0.15, 0.2) is 0 Å². The Morgan fingerprint density at radius 3 is 3.00 bits per heavy atom. The van der Waals surface area contributed by atoms with E-state index in [1.807, 2.05) is 24.0 Å². The Hall–Kier alpha value is -1.26. The third-order valence-corrected chi connectivity index (χ3v) is 5.61. The monoisotopic (exact) mass is 317 g/mol. The predicted octanol–water partition coefficient (Wildman–Crippen LogP) is 4.08. The Labute approximate surface area is 132 Å². The number of benzene rings is 1. The molecule has 2 aromatic heterocycles. The molecule has 1 fully saturated rings. The lowest BCUT2D eigenvalue weighted by molar-refractivity contribution is 0.493. The summed E-state index contributed by atoms with van der Waals surface area (Å²) >= 11 is 8.18. The van der Waals surface area contributed by atoms with Crippen LogP contribution in [-0.4, -0.2) is 26.0 Å². The average molecular weight is 318 g/mol. The molecule has 5 heteroatoms. The molecule has 1 saturated heterocycles. The van der Waals surface area contributed by atoms with Gasteiger partial charge in [0.05, 0.1) is 23.1 Å². The summed E-state index contributed by atoms with van der Waals surface area (Å²) in [5.41, 5.74) is 3.16. The Bertz CT molecular complexity index is 793. The van der Waals surface area contributed by atoms with Crippen LogP contribution < -0.4 is 0 Å². The lowest BCUT2D eigenvalue weighted by Gasteiger charge is -2.13. The summed E-state index contributed by atoms with van der Waals surface area (Å²) < 4.78 is 2.32. The lowest BCUT2D eigenvalue weighted by Crippen LogP contribution is -2.12. The van der Waals surface area contributed by atoms with Gasteiger partial charge in [-0.1, -0.05) is 18.2 Å². The van der Waals surface area contributed by atoms with E-state index in [2.05, 4.69) is 32.7 Å². The number of nitrogens with zero attached hydrogens (tertiary/aromatic N) is 3. The lowest BCUT2D eigenvalue weighted by atomic mass is 10.1. The van der Waals surface area contributed by atoms with E-state index in [0.29, 0.717) is 5.88 Å². The fraction of sp³-hybridized carbons (Fsp3) is 0.375. The highest BCUT2D eigenvalue weighted by atomic mass is 35.5. The van der Waals surface area contributed by atoms with Gasteiger partial charge in [-0.25, -0.2) is 4.98 Å². The molecule has 1 aliphatic heterocycles. The van der Waals surface area contributed by atoms with E-state index in [-0.39, 0.29) is 0 Å². The molecule has 0 aliphatic carbocycles. The van der Waals surface area contributed by atoms with Gasteiger partial charge in [-0.2, -0.15) is 11.8 Å².